The van der Waals surface area contributed by atoms with E-state index in [9.17, 15) is 8.42 Å². The maximum atomic E-state index is 11.3. The van der Waals surface area contributed by atoms with Gasteiger partial charge in [-0.2, -0.15) is 0 Å². The smallest absolute Gasteiger partial charge is 0.191 e. The van der Waals surface area contributed by atoms with Gasteiger partial charge < -0.3 is 10.6 Å². The second-order valence-corrected chi connectivity index (χ2v) is 9.49. The molecule has 138 valence electrons. The topological polar surface area (TPSA) is 83.4 Å². The van der Waals surface area contributed by atoms with Crippen molar-refractivity contribution in [2.24, 2.45) is 4.99 Å². The summed E-state index contributed by atoms with van der Waals surface area (Å²) >= 11 is 1.74. The molecule has 0 spiro atoms. The molecular weight excluding hydrogens is 344 g/mol. The zero-order valence-corrected chi connectivity index (χ0v) is 17.0. The lowest BCUT2D eigenvalue weighted by Crippen LogP contribution is -2.43. The summed E-state index contributed by atoms with van der Waals surface area (Å²) in [6.07, 6.45) is 3.61. The number of aliphatic imine (C=N–C) groups is 1. The molecule has 1 aromatic rings. The lowest BCUT2D eigenvalue weighted by molar-refractivity contribution is 0.581. The summed E-state index contributed by atoms with van der Waals surface area (Å²) in [5.41, 5.74) is 1.18. The zero-order valence-electron chi connectivity index (χ0n) is 15.3. The maximum absolute atomic E-state index is 11.3. The number of aromatic nitrogens is 1. The molecule has 2 N–H and O–H groups in total. The normalized spacial score (nSPS) is 13.8. The number of aryl methyl sites for hydroxylation is 2. The molecule has 0 fully saturated rings. The van der Waals surface area contributed by atoms with Gasteiger partial charge in [-0.25, -0.2) is 13.4 Å². The summed E-state index contributed by atoms with van der Waals surface area (Å²) in [7, 11) is -2.93. The largest absolute Gasteiger partial charge is 0.357 e. The summed E-state index contributed by atoms with van der Waals surface area (Å²) < 4.78 is 22.5. The monoisotopic (exact) mass is 374 g/mol. The summed E-state index contributed by atoms with van der Waals surface area (Å²) in [4.78, 5) is 10.5. The minimum absolute atomic E-state index is 0.0475. The average Bonchev–Trinajstić information content (AvgIpc) is 2.85. The first kappa shape index (κ1) is 20.9. The van der Waals surface area contributed by atoms with Crippen molar-refractivity contribution in [2.75, 3.05) is 25.1 Å². The molecule has 0 saturated heterocycles. The molecule has 1 unspecified atom stereocenters. The van der Waals surface area contributed by atoms with Crippen molar-refractivity contribution in [3.63, 3.8) is 0 Å². The highest BCUT2D eigenvalue weighted by Gasteiger charge is 2.10. The van der Waals surface area contributed by atoms with Gasteiger partial charge in [0.05, 0.1) is 16.5 Å². The number of hydrogen-bond donors (Lipinski definition) is 2. The summed E-state index contributed by atoms with van der Waals surface area (Å²) in [6.45, 7) is 9.63. The molecule has 0 amide bonds. The number of hydrogen-bond acceptors (Lipinski definition) is 5. The fourth-order valence-corrected chi connectivity index (χ4v) is 3.99. The molecule has 1 atom stereocenters. The van der Waals surface area contributed by atoms with E-state index in [-0.39, 0.29) is 11.8 Å². The fourth-order valence-electron chi connectivity index (χ4n) is 2.20. The van der Waals surface area contributed by atoms with Crippen molar-refractivity contribution in [3.8, 4) is 0 Å². The average molecular weight is 375 g/mol. The Bertz CT molecular complexity index is 639. The van der Waals surface area contributed by atoms with Gasteiger partial charge in [0.2, 0.25) is 0 Å². The summed E-state index contributed by atoms with van der Waals surface area (Å²) in [6, 6.07) is 0.0475. The van der Waals surface area contributed by atoms with Gasteiger partial charge in [-0.3, -0.25) is 4.99 Å². The molecule has 6 nitrogen and oxygen atoms in total. The minimum Gasteiger partial charge on any atom is -0.357 e. The van der Waals surface area contributed by atoms with Crippen LogP contribution in [-0.2, 0) is 22.7 Å². The molecule has 24 heavy (non-hydrogen) atoms. The molecular formula is C16H30N4O2S2. The van der Waals surface area contributed by atoms with Crippen LogP contribution >= 0.6 is 11.3 Å². The Kier molecular flexibility index (Phi) is 8.69. The standard InChI is InChI=1S/C16H30N4O2S2/c1-6-14-13(4)23-15(20-14)8-10-18-16(17-7-2)19-12(3)9-11-24(5,21)22/h12H,6-11H2,1-5H3,(H2,17,18,19). The first-order chi connectivity index (χ1) is 11.2. The number of nitrogens with one attached hydrogen (secondary N) is 2. The van der Waals surface area contributed by atoms with Crippen LogP contribution in [0.5, 0.6) is 0 Å². The van der Waals surface area contributed by atoms with Gasteiger partial charge in [0, 0.05) is 36.7 Å². The first-order valence-corrected chi connectivity index (χ1v) is 11.3. The molecule has 0 bridgehead atoms. The molecule has 1 rings (SSSR count). The number of sulfone groups is 1. The van der Waals surface area contributed by atoms with Gasteiger partial charge in [-0.1, -0.05) is 6.92 Å². The van der Waals surface area contributed by atoms with Crippen LogP contribution in [-0.4, -0.2) is 50.5 Å². The van der Waals surface area contributed by atoms with E-state index in [1.54, 1.807) is 11.3 Å². The van der Waals surface area contributed by atoms with Crippen LogP contribution in [0, 0.1) is 6.92 Å². The van der Waals surface area contributed by atoms with Crippen molar-refractivity contribution in [3.05, 3.63) is 15.6 Å². The van der Waals surface area contributed by atoms with Crippen molar-refractivity contribution in [2.45, 2.75) is 53.0 Å². The number of rotatable bonds is 9. The zero-order chi connectivity index (χ0) is 18.2. The van der Waals surface area contributed by atoms with Crippen LogP contribution in [0.25, 0.3) is 0 Å². The lowest BCUT2D eigenvalue weighted by atomic mass is 10.3. The molecule has 0 aliphatic rings. The van der Waals surface area contributed by atoms with Gasteiger partial charge in [0.15, 0.2) is 5.96 Å². The number of thiazole rings is 1. The fraction of sp³-hybridized carbons (Fsp3) is 0.750. The Labute approximate surface area is 150 Å². The Morgan fingerprint density at radius 1 is 1.38 bits per heavy atom. The molecule has 1 aromatic heterocycles. The van der Waals surface area contributed by atoms with E-state index < -0.39 is 9.84 Å². The second-order valence-electron chi connectivity index (χ2n) is 5.94. The maximum Gasteiger partial charge on any atom is 0.191 e. The lowest BCUT2D eigenvalue weighted by Gasteiger charge is -2.17. The van der Waals surface area contributed by atoms with Crippen molar-refractivity contribution >= 4 is 27.1 Å². The van der Waals surface area contributed by atoms with E-state index in [4.69, 9.17) is 0 Å². The number of guanidine groups is 1. The molecule has 0 radical (unpaired) electrons. The molecule has 0 saturated carbocycles. The van der Waals surface area contributed by atoms with Crippen molar-refractivity contribution in [1.82, 2.24) is 15.6 Å². The van der Waals surface area contributed by atoms with Gasteiger partial charge in [-0.05, 0) is 33.6 Å². The third kappa shape index (κ3) is 8.10. The van der Waals surface area contributed by atoms with E-state index in [2.05, 4.69) is 34.5 Å². The van der Waals surface area contributed by atoms with Crippen LogP contribution < -0.4 is 10.6 Å². The molecule has 8 heteroatoms. The van der Waals surface area contributed by atoms with Gasteiger partial charge in [-0.15, -0.1) is 11.3 Å². The Morgan fingerprint density at radius 3 is 2.62 bits per heavy atom. The highest BCUT2D eigenvalue weighted by molar-refractivity contribution is 7.90. The van der Waals surface area contributed by atoms with Gasteiger partial charge in [0.25, 0.3) is 0 Å². The SMILES string of the molecule is CCNC(=NCCc1nc(CC)c(C)s1)NC(C)CCS(C)(=O)=O. The van der Waals surface area contributed by atoms with Crippen LogP contribution in [0.15, 0.2) is 4.99 Å². The molecule has 0 aliphatic carbocycles. The quantitative estimate of drug-likeness (QED) is 0.510. The molecule has 0 aliphatic heterocycles. The van der Waals surface area contributed by atoms with E-state index in [0.29, 0.717) is 13.0 Å². The minimum atomic E-state index is -2.93. The predicted molar refractivity (Wildman–Crippen MR) is 103 cm³/mol. The highest BCUT2D eigenvalue weighted by Crippen LogP contribution is 2.18. The third-order valence-corrected chi connectivity index (χ3v) is 5.57. The number of nitrogens with zero attached hydrogens (tertiary/aromatic N) is 2. The van der Waals surface area contributed by atoms with Gasteiger partial charge in [0.1, 0.15) is 9.84 Å². The molecule has 0 aromatic carbocycles. The van der Waals surface area contributed by atoms with Crippen molar-refractivity contribution in [1.29, 1.82) is 0 Å². The Morgan fingerprint density at radius 2 is 2.08 bits per heavy atom. The highest BCUT2D eigenvalue weighted by atomic mass is 32.2. The van der Waals surface area contributed by atoms with Crippen LogP contribution in [0.4, 0.5) is 0 Å². The Balaban J connectivity index is 2.54. The summed E-state index contributed by atoms with van der Waals surface area (Å²) in [5, 5.41) is 7.58. The Hall–Kier alpha value is -1.15. The molecule has 1 heterocycles. The van der Waals surface area contributed by atoms with Crippen LogP contribution in [0.3, 0.4) is 0 Å². The van der Waals surface area contributed by atoms with E-state index >= 15 is 0 Å². The van der Waals surface area contributed by atoms with Crippen LogP contribution in [0.1, 0.15) is 42.8 Å². The van der Waals surface area contributed by atoms with Crippen LogP contribution in [0.2, 0.25) is 0 Å². The third-order valence-electron chi connectivity index (χ3n) is 3.52. The van der Waals surface area contributed by atoms with E-state index in [0.717, 1.165) is 30.4 Å². The predicted octanol–water partition coefficient (Wildman–Crippen LogP) is 1.93. The van der Waals surface area contributed by atoms with Gasteiger partial charge >= 0.3 is 0 Å². The van der Waals surface area contributed by atoms with E-state index in [1.807, 2.05) is 13.8 Å². The van der Waals surface area contributed by atoms with E-state index in [1.165, 1.54) is 16.8 Å². The second kappa shape index (κ2) is 9.98. The van der Waals surface area contributed by atoms with Crippen molar-refractivity contribution < 1.29 is 8.42 Å². The first-order valence-electron chi connectivity index (χ1n) is 8.42. The summed E-state index contributed by atoms with van der Waals surface area (Å²) in [5.74, 6) is 0.904.